The number of carbonyl (C=O) groups is 1. The Bertz CT molecular complexity index is 678. The number of nitrogens with one attached hydrogen (secondary N) is 1. The summed E-state index contributed by atoms with van der Waals surface area (Å²) in [6.45, 7) is 2.86. The van der Waals surface area contributed by atoms with Crippen molar-refractivity contribution in [3.8, 4) is 0 Å². The van der Waals surface area contributed by atoms with Crippen molar-refractivity contribution < 1.29 is 13.9 Å². The minimum Gasteiger partial charge on any atom is -0.374 e. The minimum absolute atomic E-state index is 0.0757. The standard InChI is InChI=1S/C19H21FN2O2/c20-16-6-4-5-15(13-16)19(23)21-10-9-18-14-22(11-12-24-18)17-7-2-1-3-8-17/h1-8,13,18H,9-12,14H2,(H,21,23). The highest BCUT2D eigenvalue weighted by molar-refractivity contribution is 5.94. The number of ether oxygens (including phenoxy) is 1. The fourth-order valence-corrected chi connectivity index (χ4v) is 2.85. The van der Waals surface area contributed by atoms with Crippen LogP contribution in [0.1, 0.15) is 16.8 Å². The van der Waals surface area contributed by atoms with Gasteiger partial charge in [-0.1, -0.05) is 24.3 Å². The Morgan fingerprint density at radius 2 is 2.04 bits per heavy atom. The van der Waals surface area contributed by atoms with Crippen LogP contribution in [0.4, 0.5) is 10.1 Å². The number of rotatable bonds is 5. The normalized spacial score (nSPS) is 17.5. The van der Waals surface area contributed by atoms with Gasteiger partial charge in [0.05, 0.1) is 12.7 Å². The largest absolute Gasteiger partial charge is 0.374 e. The first-order chi connectivity index (χ1) is 11.7. The second kappa shape index (κ2) is 7.93. The molecule has 1 atom stereocenters. The lowest BCUT2D eigenvalue weighted by molar-refractivity contribution is 0.0354. The quantitative estimate of drug-likeness (QED) is 0.918. The Kier molecular flexibility index (Phi) is 5.43. The van der Waals surface area contributed by atoms with Crippen LogP contribution in [0.3, 0.4) is 0 Å². The summed E-state index contributed by atoms with van der Waals surface area (Å²) in [7, 11) is 0. The Hall–Kier alpha value is -2.40. The zero-order valence-corrected chi connectivity index (χ0v) is 13.5. The summed E-state index contributed by atoms with van der Waals surface area (Å²) in [4.78, 5) is 14.3. The monoisotopic (exact) mass is 328 g/mol. The molecule has 1 heterocycles. The average molecular weight is 328 g/mol. The molecule has 1 saturated heterocycles. The molecule has 3 rings (SSSR count). The predicted molar refractivity (Wildman–Crippen MR) is 91.7 cm³/mol. The third-order valence-electron chi connectivity index (χ3n) is 4.10. The van der Waals surface area contributed by atoms with Gasteiger partial charge in [0, 0.05) is 30.9 Å². The number of amides is 1. The van der Waals surface area contributed by atoms with Gasteiger partial charge in [-0.3, -0.25) is 4.79 Å². The summed E-state index contributed by atoms with van der Waals surface area (Å²) in [6, 6.07) is 15.9. The van der Waals surface area contributed by atoms with Gasteiger partial charge < -0.3 is 15.0 Å². The lowest BCUT2D eigenvalue weighted by Gasteiger charge is -2.34. The molecule has 24 heavy (non-hydrogen) atoms. The van der Waals surface area contributed by atoms with Gasteiger partial charge in [0.2, 0.25) is 0 Å². The molecular formula is C19H21FN2O2. The van der Waals surface area contributed by atoms with Crippen molar-refractivity contribution in [3.05, 3.63) is 66.0 Å². The molecule has 1 fully saturated rings. The van der Waals surface area contributed by atoms with E-state index in [4.69, 9.17) is 4.74 Å². The van der Waals surface area contributed by atoms with E-state index >= 15 is 0 Å². The molecule has 0 bridgehead atoms. The predicted octanol–water partition coefficient (Wildman–Crippen LogP) is 2.85. The summed E-state index contributed by atoms with van der Waals surface area (Å²) >= 11 is 0. The van der Waals surface area contributed by atoms with Crippen LogP contribution in [0.5, 0.6) is 0 Å². The number of nitrogens with zero attached hydrogens (tertiary/aromatic N) is 1. The number of anilines is 1. The Labute approximate surface area is 141 Å². The second-order valence-electron chi connectivity index (χ2n) is 5.83. The van der Waals surface area contributed by atoms with E-state index in [9.17, 15) is 9.18 Å². The fourth-order valence-electron chi connectivity index (χ4n) is 2.85. The van der Waals surface area contributed by atoms with Gasteiger partial charge in [-0.25, -0.2) is 4.39 Å². The Morgan fingerprint density at radius 3 is 2.83 bits per heavy atom. The van der Waals surface area contributed by atoms with E-state index < -0.39 is 5.82 Å². The Balaban J connectivity index is 1.47. The maximum Gasteiger partial charge on any atom is 0.251 e. The van der Waals surface area contributed by atoms with Crippen LogP contribution in [0.15, 0.2) is 54.6 Å². The summed E-state index contributed by atoms with van der Waals surface area (Å²) < 4.78 is 18.9. The molecule has 0 aliphatic carbocycles. The van der Waals surface area contributed by atoms with E-state index in [0.29, 0.717) is 18.7 Å². The third kappa shape index (κ3) is 4.32. The molecule has 0 radical (unpaired) electrons. The fraction of sp³-hybridized carbons (Fsp3) is 0.316. The molecule has 0 spiro atoms. The molecule has 2 aromatic rings. The van der Waals surface area contributed by atoms with Crippen molar-refractivity contribution >= 4 is 11.6 Å². The number of hydrogen-bond acceptors (Lipinski definition) is 3. The van der Waals surface area contributed by atoms with E-state index in [0.717, 1.165) is 19.5 Å². The first-order valence-electron chi connectivity index (χ1n) is 8.18. The summed E-state index contributed by atoms with van der Waals surface area (Å²) in [5.41, 5.74) is 1.53. The lowest BCUT2D eigenvalue weighted by atomic mass is 10.1. The number of morpholine rings is 1. The molecule has 5 heteroatoms. The first-order valence-corrected chi connectivity index (χ1v) is 8.18. The molecule has 1 amide bonds. The van der Waals surface area contributed by atoms with Gasteiger partial charge >= 0.3 is 0 Å². The van der Waals surface area contributed by atoms with Crippen molar-refractivity contribution in [1.29, 1.82) is 0 Å². The van der Waals surface area contributed by atoms with Crippen LogP contribution in [-0.4, -0.2) is 38.3 Å². The van der Waals surface area contributed by atoms with Gasteiger partial charge in [0.25, 0.3) is 5.91 Å². The summed E-state index contributed by atoms with van der Waals surface area (Å²) in [6.07, 6.45) is 0.802. The van der Waals surface area contributed by atoms with E-state index in [-0.39, 0.29) is 12.0 Å². The maximum absolute atomic E-state index is 13.1. The van der Waals surface area contributed by atoms with E-state index in [1.54, 1.807) is 6.07 Å². The van der Waals surface area contributed by atoms with Crippen molar-refractivity contribution in [2.45, 2.75) is 12.5 Å². The highest BCUT2D eigenvalue weighted by Gasteiger charge is 2.20. The summed E-state index contributed by atoms with van der Waals surface area (Å²) in [5, 5.41) is 2.82. The topological polar surface area (TPSA) is 41.6 Å². The van der Waals surface area contributed by atoms with Gasteiger partial charge in [-0.15, -0.1) is 0 Å². The SMILES string of the molecule is O=C(NCCC1CN(c2ccccc2)CCO1)c1cccc(F)c1. The van der Waals surface area contributed by atoms with Gasteiger partial charge in [-0.05, 0) is 36.8 Å². The van der Waals surface area contributed by atoms with Crippen LogP contribution in [0, 0.1) is 5.82 Å². The molecule has 1 unspecified atom stereocenters. The maximum atomic E-state index is 13.1. The van der Waals surface area contributed by atoms with Crippen LogP contribution >= 0.6 is 0 Å². The molecule has 1 aliphatic rings. The minimum atomic E-state index is -0.406. The number of benzene rings is 2. The van der Waals surface area contributed by atoms with Gasteiger partial charge in [-0.2, -0.15) is 0 Å². The molecule has 4 nitrogen and oxygen atoms in total. The van der Waals surface area contributed by atoms with Crippen LogP contribution < -0.4 is 10.2 Å². The molecule has 126 valence electrons. The number of halogens is 1. The van der Waals surface area contributed by atoms with Crippen molar-refractivity contribution in [2.24, 2.45) is 0 Å². The highest BCUT2D eigenvalue weighted by Crippen LogP contribution is 2.18. The van der Waals surface area contributed by atoms with Crippen LogP contribution in [0.25, 0.3) is 0 Å². The van der Waals surface area contributed by atoms with E-state index in [2.05, 4.69) is 22.3 Å². The summed E-state index contributed by atoms with van der Waals surface area (Å²) in [5.74, 6) is -0.665. The molecule has 2 aromatic carbocycles. The molecule has 0 saturated carbocycles. The molecule has 0 aromatic heterocycles. The molecular weight excluding hydrogens is 307 g/mol. The number of para-hydroxylation sites is 1. The Morgan fingerprint density at radius 1 is 1.21 bits per heavy atom. The zero-order chi connectivity index (χ0) is 16.8. The molecule has 1 N–H and O–H groups in total. The average Bonchev–Trinajstić information content (AvgIpc) is 2.63. The third-order valence-corrected chi connectivity index (χ3v) is 4.10. The highest BCUT2D eigenvalue weighted by atomic mass is 19.1. The zero-order valence-electron chi connectivity index (χ0n) is 13.5. The smallest absolute Gasteiger partial charge is 0.251 e. The number of hydrogen-bond donors (Lipinski definition) is 1. The second-order valence-corrected chi connectivity index (χ2v) is 5.83. The van der Waals surface area contributed by atoms with Gasteiger partial charge in [0.1, 0.15) is 5.82 Å². The van der Waals surface area contributed by atoms with Gasteiger partial charge in [0.15, 0.2) is 0 Å². The van der Waals surface area contributed by atoms with Crippen molar-refractivity contribution in [1.82, 2.24) is 5.32 Å². The lowest BCUT2D eigenvalue weighted by Crippen LogP contribution is -2.43. The first kappa shape index (κ1) is 16.5. The van der Waals surface area contributed by atoms with Crippen molar-refractivity contribution in [3.63, 3.8) is 0 Å². The van der Waals surface area contributed by atoms with Crippen LogP contribution in [0.2, 0.25) is 0 Å². The molecule has 1 aliphatic heterocycles. The number of carbonyl (C=O) groups excluding carboxylic acids is 1. The van der Waals surface area contributed by atoms with Crippen molar-refractivity contribution in [2.75, 3.05) is 31.1 Å². The van der Waals surface area contributed by atoms with E-state index in [1.807, 2.05) is 18.2 Å². The van der Waals surface area contributed by atoms with Crippen LogP contribution in [-0.2, 0) is 4.74 Å². The van der Waals surface area contributed by atoms with E-state index in [1.165, 1.54) is 23.9 Å².